The number of nitrogens with one attached hydrogen (secondary N) is 1. The number of ether oxygens (including phenoxy) is 1. The van der Waals surface area contributed by atoms with Crippen LogP contribution in [-0.4, -0.2) is 25.2 Å². The molecule has 0 aliphatic carbocycles. The summed E-state index contributed by atoms with van der Waals surface area (Å²) < 4.78 is 5.90. The number of piperidine rings is 1. The van der Waals surface area contributed by atoms with Crippen LogP contribution in [0.25, 0.3) is 0 Å². The van der Waals surface area contributed by atoms with E-state index in [1.54, 1.807) is 7.11 Å². The molecule has 100 valence electrons. The summed E-state index contributed by atoms with van der Waals surface area (Å²) in [4.78, 5) is 4.26. The number of pyridine rings is 1. The van der Waals surface area contributed by atoms with E-state index >= 15 is 0 Å². The molecule has 4 nitrogen and oxygen atoms in total. The molecule has 0 radical (unpaired) electrons. The van der Waals surface area contributed by atoms with Crippen LogP contribution in [0.15, 0.2) is 10.7 Å². The number of aryl methyl sites for hydroxylation is 1. The first-order valence-electron chi connectivity index (χ1n) is 6.40. The molecule has 2 rings (SSSR count). The summed E-state index contributed by atoms with van der Waals surface area (Å²) >= 11 is 3.43. The van der Waals surface area contributed by atoms with Gasteiger partial charge in [-0.3, -0.25) is 0 Å². The normalized spacial score (nSPS) is 19.8. The number of aromatic nitrogens is 1. The molecule has 0 bridgehead atoms. The fourth-order valence-electron chi connectivity index (χ4n) is 2.39. The van der Waals surface area contributed by atoms with E-state index < -0.39 is 0 Å². The highest BCUT2D eigenvalue weighted by Gasteiger charge is 2.15. The van der Waals surface area contributed by atoms with Crippen LogP contribution < -0.4 is 15.8 Å². The Balaban J connectivity index is 1.98. The Morgan fingerprint density at radius 3 is 3.11 bits per heavy atom. The minimum atomic E-state index is 0.551. The Labute approximate surface area is 116 Å². The van der Waals surface area contributed by atoms with Crippen molar-refractivity contribution in [3.63, 3.8) is 0 Å². The Bertz CT molecular complexity index is 405. The third kappa shape index (κ3) is 3.14. The molecule has 1 saturated heterocycles. The summed E-state index contributed by atoms with van der Waals surface area (Å²) in [7, 11) is 1.60. The van der Waals surface area contributed by atoms with Crippen LogP contribution in [0.1, 0.15) is 24.8 Å². The van der Waals surface area contributed by atoms with E-state index in [2.05, 4.69) is 26.2 Å². The summed E-state index contributed by atoms with van der Waals surface area (Å²) in [6.07, 6.45) is 6.57. The van der Waals surface area contributed by atoms with Crippen molar-refractivity contribution >= 4 is 21.6 Å². The number of methoxy groups -OCH3 is 1. The molecule has 1 aromatic heterocycles. The van der Waals surface area contributed by atoms with Gasteiger partial charge in [0.05, 0.1) is 12.8 Å². The molecule has 1 aliphatic heterocycles. The summed E-state index contributed by atoms with van der Waals surface area (Å²) in [5.41, 5.74) is 7.95. The predicted molar refractivity (Wildman–Crippen MR) is 76.8 cm³/mol. The van der Waals surface area contributed by atoms with Crippen LogP contribution in [0.4, 0.5) is 5.69 Å². The number of anilines is 1. The molecule has 1 fully saturated rings. The van der Waals surface area contributed by atoms with E-state index in [9.17, 15) is 0 Å². The Morgan fingerprint density at radius 1 is 1.61 bits per heavy atom. The van der Waals surface area contributed by atoms with E-state index in [0.717, 1.165) is 47.6 Å². The fraction of sp³-hybridized carbons (Fsp3) is 0.615. The van der Waals surface area contributed by atoms with Crippen molar-refractivity contribution in [3.8, 4) is 5.88 Å². The minimum Gasteiger partial charge on any atom is -0.480 e. The number of halogens is 1. The lowest BCUT2D eigenvalue weighted by Crippen LogP contribution is -2.30. The van der Waals surface area contributed by atoms with Crippen LogP contribution in [0.2, 0.25) is 0 Å². The van der Waals surface area contributed by atoms with E-state index in [1.165, 1.54) is 12.8 Å². The molecular weight excluding hydrogens is 294 g/mol. The van der Waals surface area contributed by atoms with Crippen molar-refractivity contribution in [1.82, 2.24) is 10.3 Å². The van der Waals surface area contributed by atoms with Gasteiger partial charge < -0.3 is 15.8 Å². The first-order valence-corrected chi connectivity index (χ1v) is 7.19. The van der Waals surface area contributed by atoms with E-state index in [1.807, 2.05) is 6.20 Å². The second-order valence-electron chi connectivity index (χ2n) is 4.77. The van der Waals surface area contributed by atoms with Crippen LogP contribution in [-0.2, 0) is 6.42 Å². The molecule has 0 amide bonds. The van der Waals surface area contributed by atoms with Gasteiger partial charge in [-0.05, 0) is 66.2 Å². The Kier molecular flexibility index (Phi) is 4.83. The van der Waals surface area contributed by atoms with Crippen molar-refractivity contribution in [2.75, 3.05) is 25.9 Å². The van der Waals surface area contributed by atoms with Crippen LogP contribution >= 0.6 is 15.9 Å². The van der Waals surface area contributed by atoms with Crippen molar-refractivity contribution in [1.29, 1.82) is 0 Å². The number of hydrogen-bond donors (Lipinski definition) is 2. The molecule has 5 heteroatoms. The SMILES string of the molecule is COc1ncc(CCC2CCCNC2)c(N)c1Br. The van der Waals surface area contributed by atoms with Gasteiger partial charge in [0.25, 0.3) is 0 Å². The maximum absolute atomic E-state index is 6.09. The number of nitrogens with zero attached hydrogens (tertiary/aromatic N) is 1. The van der Waals surface area contributed by atoms with Gasteiger partial charge in [0.15, 0.2) is 0 Å². The van der Waals surface area contributed by atoms with Crippen LogP contribution in [0.5, 0.6) is 5.88 Å². The fourth-order valence-corrected chi connectivity index (χ4v) is 2.91. The third-order valence-corrected chi connectivity index (χ3v) is 4.29. The first kappa shape index (κ1) is 13.6. The Hall–Kier alpha value is -0.810. The average molecular weight is 314 g/mol. The standard InChI is InChI=1S/C13H20BrN3O/c1-18-13-11(14)12(15)10(8-17-13)5-4-9-3-2-6-16-7-9/h8-9,16H,2-7H2,1H3,(H2,15,17). The molecule has 3 N–H and O–H groups in total. The minimum absolute atomic E-state index is 0.551. The maximum atomic E-state index is 6.09. The molecule has 0 saturated carbocycles. The highest BCUT2D eigenvalue weighted by Crippen LogP contribution is 2.32. The van der Waals surface area contributed by atoms with Gasteiger partial charge in [-0.15, -0.1) is 0 Å². The Morgan fingerprint density at radius 2 is 2.44 bits per heavy atom. The third-order valence-electron chi connectivity index (χ3n) is 3.52. The zero-order chi connectivity index (χ0) is 13.0. The molecular formula is C13H20BrN3O. The lowest BCUT2D eigenvalue weighted by atomic mass is 9.93. The highest BCUT2D eigenvalue weighted by molar-refractivity contribution is 9.10. The number of nitrogens with two attached hydrogens (primary N) is 1. The molecule has 18 heavy (non-hydrogen) atoms. The molecule has 1 atom stereocenters. The van der Waals surface area contributed by atoms with Crippen molar-refractivity contribution in [2.45, 2.75) is 25.7 Å². The van der Waals surface area contributed by atoms with E-state index in [4.69, 9.17) is 10.5 Å². The second kappa shape index (κ2) is 6.38. The number of rotatable bonds is 4. The lowest BCUT2D eigenvalue weighted by molar-refractivity contribution is 0.358. The second-order valence-corrected chi connectivity index (χ2v) is 5.56. The molecule has 0 spiro atoms. The number of hydrogen-bond acceptors (Lipinski definition) is 4. The molecule has 0 aromatic carbocycles. The average Bonchev–Trinajstić information content (AvgIpc) is 2.42. The summed E-state index contributed by atoms with van der Waals surface area (Å²) in [6, 6.07) is 0. The predicted octanol–water partition coefficient (Wildman–Crippen LogP) is 2.37. The van der Waals surface area contributed by atoms with E-state index in [0.29, 0.717) is 5.88 Å². The zero-order valence-electron chi connectivity index (χ0n) is 10.7. The van der Waals surface area contributed by atoms with Gasteiger partial charge in [0, 0.05) is 6.20 Å². The lowest BCUT2D eigenvalue weighted by Gasteiger charge is -2.22. The van der Waals surface area contributed by atoms with Crippen LogP contribution in [0.3, 0.4) is 0 Å². The van der Waals surface area contributed by atoms with Gasteiger partial charge in [0.2, 0.25) is 5.88 Å². The van der Waals surface area contributed by atoms with Crippen molar-refractivity contribution < 1.29 is 4.74 Å². The van der Waals surface area contributed by atoms with Crippen molar-refractivity contribution in [2.24, 2.45) is 5.92 Å². The van der Waals surface area contributed by atoms with Gasteiger partial charge in [0.1, 0.15) is 4.47 Å². The number of nitrogen functional groups attached to an aromatic ring is 1. The molecule has 2 heterocycles. The largest absolute Gasteiger partial charge is 0.480 e. The molecule has 1 unspecified atom stereocenters. The quantitative estimate of drug-likeness (QED) is 0.896. The van der Waals surface area contributed by atoms with Crippen molar-refractivity contribution in [3.05, 3.63) is 16.2 Å². The highest BCUT2D eigenvalue weighted by atomic mass is 79.9. The van der Waals surface area contributed by atoms with Gasteiger partial charge in [-0.2, -0.15) is 0 Å². The van der Waals surface area contributed by atoms with E-state index in [-0.39, 0.29) is 0 Å². The zero-order valence-corrected chi connectivity index (χ0v) is 12.3. The monoisotopic (exact) mass is 313 g/mol. The molecule has 1 aromatic rings. The van der Waals surface area contributed by atoms with Gasteiger partial charge in [-0.25, -0.2) is 4.98 Å². The van der Waals surface area contributed by atoms with Gasteiger partial charge in [-0.1, -0.05) is 0 Å². The molecule has 1 aliphatic rings. The smallest absolute Gasteiger partial charge is 0.229 e. The maximum Gasteiger partial charge on any atom is 0.229 e. The van der Waals surface area contributed by atoms with Gasteiger partial charge >= 0.3 is 0 Å². The van der Waals surface area contributed by atoms with Crippen LogP contribution in [0, 0.1) is 5.92 Å². The summed E-state index contributed by atoms with van der Waals surface area (Å²) in [5, 5.41) is 3.44. The summed E-state index contributed by atoms with van der Waals surface area (Å²) in [6.45, 7) is 2.29. The topological polar surface area (TPSA) is 60.2 Å². The summed E-state index contributed by atoms with van der Waals surface area (Å²) in [5.74, 6) is 1.31. The first-order chi connectivity index (χ1) is 8.72.